The van der Waals surface area contributed by atoms with Crippen molar-refractivity contribution in [3.8, 4) is 5.69 Å². The summed E-state index contributed by atoms with van der Waals surface area (Å²) < 4.78 is 3.19. The van der Waals surface area contributed by atoms with Crippen LogP contribution in [0, 0.1) is 0 Å². The summed E-state index contributed by atoms with van der Waals surface area (Å²) in [6.07, 6.45) is 3.20. The molecule has 0 radical (unpaired) electrons. The first-order chi connectivity index (χ1) is 9.58. The largest absolute Gasteiger partial charge is 0.478 e. The maximum Gasteiger partial charge on any atom is 0.337 e. The Bertz CT molecular complexity index is 874. The number of carbonyl (C=O) groups is 1. The molecule has 0 amide bonds. The highest BCUT2D eigenvalue weighted by Gasteiger charge is 2.14. The fraction of sp³-hybridized carbons (Fsp3) is 0.0667. The van der Waals surface area contributed by atoms with Crippen molar-refractivity contribution < 1.29 is 9.90 Å². The molecular weight excluding hydrogens is 256 g/mol. The van der Waals surface area contributed by atoms with Crippen molar-refractivity contribution in [2.75, 3.05) is 0 Å². The molecule has 0 aliphatic carbocycles. The first-order valence-electron chi connectivity index (χ1n) is 6.08. The first-order valence-corrected chi connectivity index (χ1v) is 6.08. The van der Waals surface area contributed by atoms with E-state index in [1.165, 1.54) is 10.6 Å². The molecule has 0 saturated carbocycles. The lowest BCUT2D eigenvalue weighted by Gasteiger charge is -2.05. The Hall–Kier alpha value is -2.82. The van der Waals surface area contributed by atoms with E-state index in [1.807, 2.05) is 12.1 Å². The van der Waals surface area contributed by atoms with E-state index in [0.717, 1.165) is 5.52 Å². The Labute approximate surface area is 114 Å². The number of para-hydroxylation sites is 1. The number of aromatic nitrogens is 2. The Balaban J connectivity index is 2.33. The number of carboxylic acid groups (broad SMARTS) is 1. The molecule has 0 bridgehead atoms. The normalized spacial score (nSPS) is 10.8. The van der Waals surface area contributed by atoms with Crippen molar-refractivity contribution in [1.29, 1.82) is 0 Å². The maximum atomic E-state index is 11.7. The summed E-state index contributed by atoms with van der Waals surface area (Å²) in [5.41, 5.74) is 1.49. The van der Waals surface area contributed by atoms with Gasteiger partial charge in [-0.3, -0.25) is 4.79 Å². The van der Waals surface area contributed by atoms with Gasteiger partial charge in [0.05, 0.1) is 16.8 Å². The molecular formula is C15H12N2O3. The summed E-state index contributed by atoms with van der Waals surface area (Å²) in [6, 6.07) is 10.5. The molecule has 0 aliphatic heterocycles. The van der Waals surface area contributed by atoms with E-state index in [1.54, 1.807) is 42.2 Å². The van der Waals surface area contributed by atoms with Gasteiger partial charge in [-0.15, -0.1) is 0 Å². The zero-order chi connectivity index (χ0) is 14.3. The number of pyridine rings is 1. The fourth-order valence-electron chi connectivity index (χ4n) is 2.25. The molecule has 5 heteroatoms. The molecule has 0 spiro atoms. The zero-order valence-electron chi connectivity index (χ0n) is 10.8. The number of benzene rings is 1. The van der Waals surface area contributed by atoms with Crippen LogP contribution in [0.25, 0.3) is 16.6 Å². The van der Waals surface area contributed by atoms with Gasteiger partial charge in [0.2, 0.25) is 0 Å². The lowest BCUT2D eigenvalue weighted by molar-refractivity contribution is 0.0699. The smallest absolute Gasteiger partial charge is 0.337 e. The van der Waals surface area contributed by atoms with Gasteiger partial charge in [0.15, 0.2) is 0 Å². The van der Waals surface area contributed by atoms with Gasteiger partial charge in [-0.2, -0.15) is 0 Å². The summed E-state index contributed by atoms with van der Waals surface area (Å²) in [4.78, 5) is 23.0. The Morgan fingerprint density at radius 1 is 1.20 bits per heavy atom. The number of rotatable bonds is 2. The summed E-state index contributed by atoms with van der Waals surface area (Å²) >= 11 is 0. The van der Waals surface area contributed by atoms with Gasteiger partial charge in [-0.1, -0.05) is 18.2 Å². The van der Waals surface area contributed by atoms with Gasteiger partial charge in [-0.05, 0) is 12.1 Å². The van der Waals surface area contributed by atoms with Gasteiger partial charge in [-0.25, -0.2) is 4.79 Å². The predicted octanol–water partition coefficient (Wildman–Crippen LogP) is 2.03. The van der Waals surface area contributed by atoms with Crippen molar-refractivity contribution in [2.45, 2.75) is 0 Å². The molecule has 3 rings (SSSR count). The highest BCUT2D eigenvalue weighted by molar-refractivity contribution is 6.04. The van der Waals surface area contributed by atoms with Crippen LogP contribution >= 0.6 is 0 Å². The number of nitrogens with zero attached hydrogens (tertiary/aromatic N) is 2. The van der Waals surface area contributed by atoms with Crippen LogP contribution in [0.4, 0.5) is 0 Å². The second-order valence-electron chi connectivity index (χ2n) is 4.57. The number of hydrogen-bond donors (Lipinski definition) is 1. The number of hydrogen-bond acceptors (Lipinski definition) is 2. The quantitative estimate of drug-likeness (QED) is 0.773. The summed E-state index contributed by atoms with van der Waals surface area (Å²) in [5, 5.41) is 9.92. The molecule has 2 heterocycles. The monoisotopic (exact) mass is 268 g/mol. The molecule has 0 unspecified atom stereocenters. The molecule has 3 aromatic rings. The third kappa shape index (κ3) is 1.80. The molecule has 0 atom stereocenters. The van der Waals surface area contributed by atoms with E-state index >= 15 is 0 Å². The van der Waals surface area contributed by atoms with E-state index < -0.39 is 5.97 Å². The second-order valence-corrected chi connectivity index (χ2v) is 4.57. The van der Waals surface area contributed by atoms with Gasteiger partial charge >= 0.3 is 5.97 Å². The van der Waals surface area contributed by atoms with Crippen molar-refractivity contribution in [1.82, 2.24) is 9.13 Å². The van der Waals surface area contributed by atoms with Crippen LogP contribution < -0.4 is 5.56 Å². The van der Waals surface area contributed by atoms with Crippen LogP contribution in [0.2, 0.25) is 0 Å². The van der Waals surface area contributed by atoms with Crippen LogP contribution in [0.5, 0.6) is 0 Å². The van der Waals surface area contributed by atoms with Crippen LogP contribution in [0.1, 0.15) is 10.4 Å². The third-order valence-electron chi connectivity index (χ3n) is 3.31. The molecule has 0 fully saturated rings. The number of fused-ring (bicyclic) bond motifs is 1. The minimum atomic E-state index is -0.983. The summed E-state index contributed by atoms with van der Waals surface area (Å²) in [5.74, 6) is -0.983. The second kappa shape index (κ2) is 4.38. The van der Waals surface area contributed by atoms with E-state index in [4.69, 9.17) is 0 Å². The minimum Gasteiger partial charge on any atom is -0.478 e. The molecule has 0 aliphatic rings. The Morgan fingerprint density at radius 2 is 1.95 bits per heavy atom. The molecule has 100 valence electrons. The predicted molar refractivity (Wildman–Crippen MR) is 75.5 cm³/mol. The van der Waals surface area contributed by atoms with Crippen molar-refractivity contribution in [3.63, 3.8) is 0 Å². The first kappa shape index (κ1) is 12.2. The number of carboxylic acids is 1. The van der Waals surface area contributed by atoms with E-state index in [9.17, 15) is 14.7 Å². The lowest BCUT2D eigenvalue weighted by Crippen LogP contribution is -2.15. The molecule has 2 aromatic heterocycles. The standard InChI is InChI=1S/C15H12N2O3/c1-16-7-6-10(8-14(16)18)17-9-12(15(19)20)11-4-2-3-5-13(11)17/h2-9H,1H3,(H,19,20). The van der Waals surface area contributed by atoms with Crippen molar-refractivity contribution >= 4 is 16.9 Å². The van der Waals surface area contributed by atoms with Crippen LogP contribution in [-0.4, -0.2) is 20.2 Å². The van der Waals surface area contributed by atoms with Crippen LogP contribution in [0.3, 0.4) is 0 Å². The average molecular weight is 268 g/mol. The van der Waals surface area contributed by atoms with Gasteiger partial charge in [0, 0.05) is 30.9 Å². The molecule has 20 heavy (non-hydrogen) atoms. The maximum absolute atomic E-state index is 11.7. The third-order valence-corrected chi connectivity index (χ3v) is 3.31. The van der Waals surface area contributed by atoms with E-state index in [0.29, 0.717) is 11.1 Å². The van der Waals surface area contributed by atoms with E-state index in [2.05, 4.69) is 0 Å². The summed E-state index contributed by atoms with van der Waals surface area (Å²) in [6.45, 7) is 0. The van der Waals surface area contributed by atoms with Crippen molar-refractivity contribution in [3.05, 3.63) is 64.7 Å². The van der Waals surface area contributed by atoms with Crippen molar-refractivity contribution in [2.24, 2.45) is 7.05 Å². The molecule has 0 saturated heterocycles. The molecule has 5 nitrogen and oxygen atoms in total. The lowest BCUT2D eigenvalue weighted by atomic mass is 10.2. The topological polar surface area (TPSA) is 64.2 Å². The van der Waals surface area contributed by atoms with Crippen LogP contribution in [0.15, 0.2) is 53.6 Å². The van der Waals surface area contributed by atoms with Gasteiger partial charge in [0.1, 0.15) is 0 Å². The Kier molecular flexibility index (Phi) is 2.68. The Morgan fingerprint density at radius 3 is 2.65 bits per heavy atom. The minimum absolute atomic E-state index is 0.142. The summed E-state index contributed by atoms with van der Waals surface area (Å²) in [7, 11) is 1.67. The highest BCUT2D eigenvalue weighted by Crippen LogP contribution is 2.24. The molecule has 1 aromatic carbocycles. The van der Waals surface area contributed by atoms with Gasteiger partial charge < -0.3 is 14.2 Å². The van der Waals surface area contributed by atoms with Gasteiger partial charge in [0.25, 0.3) is 5.56 Å². The zero-order valence-corrected chi connectivity index (χ0v) is 10.8. The SMILES string of the molecule is Cn1ccc(-n2cc(C(=O)O)c3ccccc32)cc1=O. The van der Waals surface area contributed by atoms with E-state index in [-0.39, 0.29) is 11.1 Å². The number of aryl methyl sites for hydroxylation is 1. The molecule has 1 N–H and O–H groups in total. The number of aromatic carboxylic acids is 1. The average Bonchev–Trinajstić information content (AvgIpc) is 2.82. The fourth-order valence-corrected chi connectivity index (χ4v) is 2.25. The van der Waals surface area contributed by atoms with Crippen LogP contribution in [-0.2, 0) is 7.05 Å². The highest BCUT2D eigenvalue weighted by atomic mass is 16.4.